The van der Waals surface area contributed by atoms with E-state index in [0.717, 1.165) is 11.3 Å². The predicted octanol–water partition coefficient (Wildman–Crippen LogP) is 1.21. The number of likely N-dealkylation sites (N-methyl/N-ethyl adjacent to an activating group) is 1. The van der Waals surface area contributed by atoms with E-state index in [9.17, 15) is 4.79 Å². The van der Waals surface area contributed by atoms with Gasteiger partial charge in [-0.05, 0) is 24.5 Å². The van der Waals surface area contributed by atoms with Gasteiger partial charge in [0.2, 0.25) is 5.91 Å². The van der Waals surface area contributed by atoms with Crippen molar-refractivity contribution in [2.75, 3.05) is 19.0 Å². The van der Waals surface area contributed by atoms with Crippen LogP contribution in [0.15, 0.2) is 24.3 Å². The van der Waals surface area contributed by atoms with Crippen LogP contribution in [0.4, 0.5) is 5.69 Å². The van der Waals surface area contributed by atoms with Gasteiger partial charge in [0.15, 0.2) is 0 Å². The topological polar surface area (TPSA) is 52.6 Å². The van der Waals surface area contributed by atoms with Crippen LogP contribution in [0, 0.1) is 0 Å². The predicted molar refractivity (Wildman–Crippen MR) is 66.6 cm³/mol. The van der Waals surface area contributed by atoms with Gasteiger partial charge in [0.05, 0.1) is 0 Å². The summed E-state index contributed by atoms with van der Waals surface area (Å²) in [5.41, 5.74) is 2.16. The highest BCUT2D eigenvalue weighted by atomic mass is 16.3. The number of nitrogens with one attached hydrogen (secondary N) is 1. The lowest BCUT2D eigenvalue weighted by Gasteiger charge is -2.20. The summed E-state index contributed by atoms with van der Waals surface area (Å²) in [4.78, 5) is 13.8. The van der Waals surface area contributed by atoms with Gasteiger partial charge in [0.25, 0.3) is 0 Å². The maximum absolute atomic E-state index is 12.1. The molecule has 92 valence electrons. The van der Waals surface area contributed by atoms with Gasteiger partial charge in [0, 0.05) is 25.9 Å². The average molecular weight is 234 g/mol. The van der Waals surface area contributed by atoms with Gasteiger partial charge in [-0.15, -0.1) is 0 Å². The Bertz CT molecular complexity index is 406. The number of para-hydroxylation sites is 1. The number of anilines is 1. The summed E-state index contributed by atoms with van der Waals surface area (Å²) in [6.45, 7) is 0.758. The number of amides is 1. The van der Waals surface area contributed by atoms with Gasteiger partial charge >= 0.3 is 0 Å². The second-order valence-corrected chi connectivity index (χ2v) is 4.41. The van der Waals surface area contributed by atoms with E-state index in [-0.39, 0.29) is 18.6 Å². The molecule has 0 radical (unpaired) electrons. The number of fused-ring (bicyclic) bond motifs is 1. The van der Waals surface area contributed by atoms with Crippen molar-refractivity contribution in [3.05, 3.63) is 29.8 Å². The van der Waals surface area contributed by atoms with Gasteiger partial charge in [-0.1, -0.05) is 18.2 Å². The van der Waals surface area contributed by atoms with E-state index in [1.54, 1.807) is 4.90 Å². The van der Waals surface area contributed by atoms with Gasteiger partial charge in [0.1, 0.15) is 6.04 Å². The van der Waals surface area contributed by atoms with Crippen LogP contribution in [0.5, 0.6) is 0 Å². The molecule has 4 heteroatoms. The zero-order chi connectivity index (χ0) is 12.3. The molecule has 0 aromatic heterocycles. The lowest BCUT2D eigenvalue weighted by atomic mass is 10.1. The molecular weight excluding hydrogens is 216 g/mol. The highest BCUT2D eigenvalue weighted by molar-refractivity contribution is 5.86. The molecule has 17 heavy (non-hydrogen) atoms. The smallest absolute Gasteiger partial charge is 0.245 e. The molecule has 1 aliphatic rings. The van der Waals surface area contributed by atoms with Gasteiger partial charge in [-0.3, -0.25) is 4.79 Å². The highest BCUT2D eigenvalue weighted by Crippen LogP contribution is 2.23. The zero-order valence-electron chi connectivity index (χ0n) is 10.0. The number of hydrogen-bond acceptors (Lipinski definition) is 3. The summed E-state index contributed by atoms with van der Waals surface area (Å²) in [6.07, 6.45) is 1.30. The summed E-state index contributed by atoms with van der Waals surface area (Å²) < 4.78 is 0. The van der Waals surface area contributed by atoms with Crippen molar-refractivity contribution in [2.24, 2.45) is 0 Å². The van der Waals surface area contributed by atoms with E-state index in [1.165, 1.54) is 0 Å². The minimum Gasteiger partial charge on any atom is -0.396 e. The SMILES string of the molecule is CN1Cc2ccccc2NC(CCCO)C1=O. The van der Waals surface area contributed by atoms with E-state index in [0.29, 0.717) is 19.4 Å². The Hall–Kier alpha value is -1.55. The minimum absolute atomic E-state index is 0.0923. The summed E-state index contributed by atoms with van der Waals surface area (Å²) in [7, 11) is 1.82. The first-order valence-electron chi connectivity index (χ1n) is 5.92. The maximum Gasteiger partial charge on any atom is 0.245 e. The quantitative estimate of drug-likeness (QED) is 0.826. The number of carbonyl (C=O) groups is 1. The van der Waals surface area contributed by atoms with E-state index >= 15 is 0 Å². The molecule has 1 amide bonds. The van der Waals surface area contributed by atoms with E-state index in [2.05, 4.69) is 5.32 Å². The van der Waals surface area contributed by atoms with Gasteiger partial charge in [-0.2, -0.15) is 0 Å². The molecule has 0 fully saturated rings. The fourth-order valence-electron chi connectivity index (χ4n) is 2.14. The van der Waals surface area contributed by atoms with Crippen molar-refractivity contribution in [1.29, 1.82) is 0 Å². The molecular formula is C13H18N2O2. The molecule has 1 unspecified atom stereocenters. The molecule has 0 aliphatic carbocycles. The molecule has 0 bridgehead atoms. The summed E-state index contributed by atoms with van der Waals surface area (Å²) in [5.74, 6) is 0.0923. The average Bonchev–Trinajstić information content (AvgIpc) is 2.46. The maximum atomic E-state index is 12.1. The fraction of sp³-hybridized carbons (Fsp3) is 0.462. The number of hydrogen-bond donors (Lipinski definition) is 2. The molecule has 1 aromatic rings. The number of aliphatic hydroxyl groups is 1. The Morgan fingerprint density at radius 2 is 2.24 bits per heavy atom. The molecule has 0 spiro atoms. The van der Waals surface area contributed by atoms with E-state index in [1.807, 2.05) is 31.3 Å². The monoisotopic (exact) mass is 234 g/mol. The van der Waals surface area contributed by atoms with Crippen LogP contribution in [0.2, 0.25) is 0 Å². The zero-order valence-corrected chi connectivity index (χ0v) is 10.0. The Kier molecular flexibility index (Phi) is 3.64. The Labute approximate surface area is 101 Å². The van der Waals surface area contributed by atoms with E-state index in [4.69, 9.17) is 5.11 Å². The summed E-state index contributed by atoms with van der Waals surface area (Å²) in [6, 6.07) is 7.74. The third kappa shape index (κ3) is 2.58. The molecule has 4 nitrogen and oxygen atoms in total. The molecule has 2 rings (SSSR count). The fourth-order valence-corrected chi connectivity index (χ4v) is 2.14. The summed E-state index contributed by atoms with van der Waals surface area (Å²) >= 11 is 0. The second-order valence-electron chi connectivity index (χ2n) is 4.41. The van der Waals surface area contributed by atoms with Crippen LogP contribution in [0.3, 0.4) is 0 Å². The van der Waals surface area contributed by atoms with Gasteiger partial charge in [-0.25, -0.2) is 0 Å². The second kappa shape index (κ2) is 5.19. The number of rotatable bonds is 3. The minimum atomic E-state index is -0.226. The first-order valence-corrected chi connectivity index (χ1v) is 5.92. The third-order valence-electron chi connectivity index (χ3n) is 3.08. The van der Waals surface area contributed by atoms with Crippen molar-refractivity contribution < 1.29 is 9.90 Å². The van der Waals surface area contributed by atoms with Crippen LogP contribution in [-0.4, -0.2) is 35.6 Å². The van der Waals surface area contributed by atoms with Crippen LogP contribution in [0.1, 0.15) is 18.4 Å². The third-order valence-corrected chi connectivity index (χ3v) is 3.08. The molecule has 1 heterocycles. The largest absolute Gasteiger partial charge is 0.396 e. The van der Waals surface area contributed by atoms with Gasteiger partial charge < -0.3 is 15.3 Å². The van der Waals surface area contributed by atoms with Crippen molar-refractivity contribution in [1.82, 2.24) is 4.90 Å². The molecule has 2 N–H and O–H groups in total. The normalized spacial score (nSPS) is 19.5. The molecule has 0 saturated carbocycles. The Balaban J connectivity index is 2.22. The van der Waals surface area contributed by atoms with Crippen LogP contribution < -0.4 is 5.32 Å². The Morgan fingerprint density at radius 3 is 3.00 bits per heavy atom. The number of nitrogens with zero attached hydrogens (tertiary/aromatic N) is 1. The number of aliphatic hydroxyl groups excluding tert-OH is 1. The van der Waals surface area contributed by atoms with Crippen LogP contribution >= 0.6 is 0 Å². The van der Waals surface area contributed by atoms with Crippen molar-refractivity contribution >= 4 is 11.6 Å². The number of benzene rings is 1. The van der Waals surface area contributed by atoms with Crippen molar-refractivity contribution in [2.45, 2.75) is 25.4 Å². The van der Waals surface area contributed by atoms with Crippen molar-refractivity contribution in [3.8, 4) is 0 Å². The number of carbonyl (C=O) groups excluding carboxylic acids is 1. The lowest BCUT2D eigenvalue weighted by Crippen LogP contribution is -2.38. The molecule has 1 aromatic carbocycles. The first kappa shape index (κ1) is 11.9. The lowest BCUT2D eigenvalue weighted by molar-refractivity contribution is -0.131. The first-order chi connectivity index (χ1) is 8.22. The molecule has 1 atom stereocenters. The summed E-state index contributed by atoms with van der Waals surface area (Å²) in [5, 5.41) is 12.1. The van der Waals surface area contributed by atoms with E-state index < -0.39 is 0 Å². The molecule has 0 saturated heterocycles. The standard InChI is InChI=1S/C13H18N2O2/c1-15-9-10-5-2-3-6-11(10)14-12(13(15)17)7-4-8-16/h2-3,5-6,12,14,16H,4,7-9H2,1H3. The van der Waals surface area contributed by atoms with Crippen molar-refractivity contribution in [3.63, 3.8) is 0 Å². The highest BCUT2D eigenvalue weighted by Gasteiger charge is 2.26. The van der Waals surface area contributed by atoms with Crippen LogP contribution in [0.25, 0.3) is 0 Å². The molecule has 1 aliphatic heterocycles. The van der Waals surface area contributed by atoms with Crippen LogP contribution in [-0.2, 0) is 11.3 Å². The Morgan fingerprint density at radius 1 is 1.47 bits per heavy atom.